The van der Waals surface area contributed by atoms with E-state index >= 15 is 0 Å². The van der Waals surface area contributed by atoms with Crippen molar-refractivity contribution in [3.8, 4) is 0 Å². The van der Waals surface area contributed by atoms with Crippen molar-refractivity contribution in [2.45, 2.75) is 18.9 Å². The minimum Gasteiger partial charge on any atom is -0.383 e. The van der Waals surface area contributed by atoms with Gasteiger partial charge in [-0.3, -0.25) is 4.90 Å². The zero-order valence-corrected chi connectivity index (χ0v) is 8.46. The van der Waals surface area contributed by atoms with Crippen molar-refractivity contribution in [1.82, 2.24) is 10.2 Å². The van der Waals surface area contributed by atoms with Crippen LogP contribution in [0.4, 0.5) is 0 Å². The molecule has 2 rings (SSSR count). The molecule has 0 bridgehead atoms. The lowest BCUT2D eigenvalue weighted by Gasteiger charge is -2.24. The Labute approximate surface area is 80.4 Å². The Morgan fingerprint density at radius 1 is 1.46 bits per heavy atom. The first-order chi connectivity index (χ1) is 6.40. The molecule has 2 fully saturated rings. The molecule has 0 aliphatic carbocycles. The van der Waals surface area contributed by atoms with Crippen LogP contribution in [0.3, 0.4) is 0 Å². The highest BCUT2D eigenvalue weighted by Crippen LogP contribution is 2.24. The van der Waals surface area contributed by atoms with Gasteiger partial charge in [0.15, 0.2) is 0 Å². The van der Waals surface area contributed by atoms with Crippen molar-refractivity contribution in [1.29, 1.82) is 0 Å². The number of ether oxygens (including phenoxy) is 1. The lowest BCUT2D eigenvalue weighted by atomic mass is 9.94. The summed E-state index contributed by atoms with van der Waals surface area (Å²) in [6.07, 6.45) is 2.78. The second kappa shape index (κ2) is 4.40. The number of fused-ring (bicyclic) bond motifs is 1. The number of nitrogens with zero attached hydrogens (tertiary/aromatic N) is 1. The molecule has 76 valence electrons. The molecule has 3 heteroatoms. The van der Waals surface area contributed by atoms with Crippen LogP contribution in [0.5, 0.6) is 0 Å². The van der Waals surface area contributed by atoms with Gasteiger partial charge in [0.05, 0.1) is 6.61 Å². The molecular weight excluding hydrogens is 164 g/mol. The van der Waals surface area contributed by atoms with Gasteiger partial charge in [0.2, 0.25) is 0 Å². The molecule has 13 heavy (non-hydrogen) atoms. The fraction of sp³-hybridized carbons (Fsp3) is 1.00. The second-order valence-electron chi connectivity index (χ2n) is 4.22. The fourth-order valence-corrected chi connectivity index (χ4v) is 2.54. The number of rotatable bonds is 3. The molecule has 0 aromatic carbocycles. The third-order valence-electron chi connectivity index (χ3n) is 3.29. The Bertz CT molecular complexity index is 149. The summed E-state index contributed by atoms with van der Waals surface area (Å²) in [6.45, 7) is 5.71. The third-order valence-corrected chi connectivity index (χ3v) is 3.29. The molecule has 3 nitrogen and oxygen atoms in total. The monoisotopic (exact) mass is 184 g/mol. The molecule has 2 saturated heterocycles. The van der Waals surface area contributed by atoms with Gasteiger partial charge in [0.1, 0.15) is 0 Å². The van der Waals surface area contributed by atoms with Gasteiger partial charge in [-0.15, -0.1) is 0 Å². The van der Waals surface area contributed by atoms with Crippen molar-refractivity contribution >= 4 is 0 Å². The molecular formula is C10H20N2O. The average Bonchev–Trinajstić information content (AvgIpc) is 2.57. The highest BCUT2D eigenvalue weighted by molar-refractivity contribution is 4.91. The Hall–Kier alpha value is -0.120. The lowest BCUT2D eigenvalue weighted by molar-refractivity contribution is 0.158. The maximum atomic E-state index is 5.10. The summed E-state index contributed by atoms with van der Waals surface area (Å²) in [6, 6.07) is 0.769. The summed E-state index contributed by atoms with van der Waals surface area (Å²) in [4.78, 5) is 2.52. The Kier molecular flexibility index (Phi) is 3.19. The molecule has 2 aliphatic heterocycles. The number of piperidine rings is 1. The van der Waals surface area contributed by atoms with Crippen LogP contribution in [-0.4, -0.2) is 50.8 Å². The van der Waals surface area contributed by atoms with Crippen LogP contribution in [-0.2, 0) is 4.74 Å². The molecule has 0 aromatic heterocycles. The van der Waals surface area contributed by atoms with E-state index in [9.17, 15) is 0 Å². The molecule has 2 unspecified atom stereocenters. The highest BCUT2D eigenvalue weighted by Gasteiger charge is 2.33. The summed E-state index contributed by atoms with van der Waals surface area (Å²) in [5.74, 6) is 0.908. The molecule has 0 radical (unpaired) electrons. The number of hydrogen-bond acceptors (Lipinski definition) is 3. The van der Waals surface area contributed by atoms with Crippen molar-refractivity contribution < 1.29 is 4.74 Å². The normalized spacial score (nSPS) is 34.8. The number of hydrogen-bond donors (Lipinski definition) is 1. The topological polar surface area (TPSA) is 24.5 Å². The van der Waals surface area contributed by atoms with E-state index in [1.165, 1.54) is 32.5 Å². The molecule has 2 atom stereocenters. The van der Waals surface area contributed by atoms with Crippen LogP contribution in [0.2, 0.25) is 0 Å². The minimum atomic E-state index is 0.769. The van der Waals surface area contributed by atoms with E-state index in [0.29, 0.717) is 0 Å². The number of likely N-dealkylation sites (tertiary alicyclic amines) is 1. The van der Waals surface area contributed by atoms with Gasteiger partial charge in [0.25, 0.3) is 0 Å². The first kappa shape index (κ1) is 9.44. The fourth-order valence-electron chi connectivity index (χ4n) is 2.54. The summed E-state index contributed by atoms with van der Waals surface area (Å²) in [5, 5.41) is 3.60. The van der Waals surface area contributed by atoms with Crippen molar-refractivity contribution in [2.75, 3.05) is 39.9 Å². The van der Waals surface area contributed by atoms with Crippen molar-refractivity contribution in [3.63, 3.8) is 0 Å². The maximum Gasteiger partial charge on any atom is 0.0589 e. The quantitative estimate of drug-likeness (QED) is 0.683. The van der Waals surface area contributed by atoms with E-state index in [0.717, 1.165) is 25.1 Å². The Morgan fingerprint density at radius 3 is 3.15 bits per heavy atom. The van der Waals surface area contributed by atoms with E-state index in [2.05, 4.69) is 10.2 Å². The smallest absolute Gasteiger partial charge is 0.0589 e. The standard InChI is InChI=1S/C10H20N2O/c1-13-6-5-12-7-9-3-2-4-11-10(9)8-12/h9-11H,2-8H2,1H3. The molecule has 0 spiro atoms. The SMILES string of the molecule is COCCN1CC2CCCNC2C1. The van der Waals surface area contributed by atoms with E-state index in [1.54, 1.807) is 7.11 Å². The van der Waals surface area contributed by atoms with Crippen LogP contribution >= 0.6 is 0 Å². The Morgan fingerprint density at radius 2 is 2.38 bits per heavy atom. The molecule has 1 N–H and O–H groups in total. The molecule has 0 amide bonds. The minimum absolute atomic E-state index is 0.769. The predicted octanol–water partition coefficient (Wildman–Crippen LogP) is 0.317. The van der Waals surface area contributed by atoms with E-state index in [-0.39, 0.29) is 0 Å². The van der Waals surface area contributed by atoms with Gasteiger partial charge < -0.3 is 10.1 Å². The lowest BCUT2D eigenvalue weighted by Crippen LogP contribution is -2.40. The van der Waals surface area contributed by atoms with Gasteiger partial charge >= 0.3 is 0 Å². The Balaban J connectivity index is 1.77. The molecule has 0 saturated carbocycles. The second-order valence-corrected chi connectivity index (χ2v) is 4.22. The summed E-state index contributed by atoms with van der Waals surface area (Å²) in [5.41, 5.74) is 0. The maximum absolute atomic E-state index is 5.10. The molecule has 0 aromatic rings. The van der Waals surface area contributed by atoms with Crippen LogP contribution in [0.25, 0.3) is 0 Å². The number of nitrogens with one attached hydrogen (secondary N) is 1. The molecule has 2 heterocycles. The van der Waals surface area contributed by atoms with Gasteiger partial charge in [-0.1, -0.05) is 0 Å². The van der Waals surface area contributed by atoms with Gasteiger partial charge in [-0.05, 0) is 25.3 Å². The van der Waals surface area contributed by atoms with Crippen LogP contribution < -0.4 is 5.32 Å². The zero-order valence-electron chi connectivity index (χ0n) is 8.46. The van der Waals surface area contributed by atoms with E-state index in [1.807, 2.05) is 0 Å². The first-order valence-corrected chi connectivity index (χ1v) is 5.35. The first-order valence-electron chi connectivity index (χ1n) is 5.35. The van der Waals surface area contributed by atoms with Gasteiger partial charge in [-0.2, -0.15) is 0 Å². The van der Waals surface area contributed by atoms with Crippen LogP contribution in [0.1, 0.15) is 12.8 Å². The van der Waals surface area contributed by atoms with Gasteiger partial charge in [-0.25, -0.2) is 0 Å². The number of methoxy groups -OCH3 is 1. The zero-order chi connectivity index (χ0) is 9.10. The summed E-state index contributed by atoms with van der Waals surface area (Å²) in [7, 11) is 1.78. The van der Waals surface area contributed by atoms with Crippen molar-refractivity contribution in [2.24, 2.45) is 5.92 Å². The molecule has 2 aliphatic rings. The summed E-state index contributed by atoms with van der Waals surface area (Å²) >= 11 is 0. The highest BCUT2D eigenvalue weighted by atomic mass is 16.5. The van der Waals surface area contributed by atoms with E-state index in [4.69, 9.17) is 4.74 Å². The largest absolute Gasteiger partial charge is 0.383 e. The van der Waals surface area contributed by atoms with Gasteiger partial charge in [0, 0.05) is 32.8 Å². The average molecular weight is 184 g/mol. The summed E-state index contributed by atoms with van der Waals surface area (Å²) < 4.78 is 5.10. The predicted molar refractivity (Wildman–Crippen MR) is 52.8 cm³/mol. The van der Waals surface area contributed by atoms with Crippen LogP contribution in [0, 0.1) is 5.92 Å². The van der Waals surface area contributed by atoms with Crippen molar-refractivity contribution in [3.05, 3.63) is 0 Å². The third kappa shape index (κ3) is 2.22. The van der Waals surface area contributed by atoms with E-state index < -0.39 is 0 Å². The van der Waals surface area contributed by atoms with Crippen LogP contribution in [0.15, 0.2) is 0 Å².